The highest BCUT2D eigenvalue weighted by atomic mass is 35.5. The maximum absolute atomic E-state index is 12.9. The second-order valence-corrected chi connectivity index (χ2v) is 8.05. The Kier molecular flexibility index (Phi) is 4.68. The Bertz CT molecular complexity index is 961. The molecule has 0 saturated carbocycles. The molecule has 1 spiro atoms. The molecule has 0 aliphatic carbocycles. The highest BCUT2D eigenvalue weighted by molar-refractivity contribution is 6.31. The lowest BCUT2D eigenvalue weighted by Gasteiger charge is -2.41. The molecule has 3 heterocycles. The maximum Gasteiger partial charge on any atom is 0.259 e. The molecule has 27 heavy (non-hydrogen) atoms. The maximum atomic E-state index is 12.9. The van der Waals surface area contributed by atoms with Crippen LogP contribution in [0.2, 0.25) is 5.02 Å². The van der Waals surface area contributed by atoms with Gasteiger partial charge in [0, 0.05) is 42.7 Å². The minimum Gasteiger partial charge on any atom is -0.360 e. The molecule has 6 nitrogen and oxygen atoms in total. The van der Waals surface area contributed by atoms with Crippen LogP contribution >= 0.6 is 11.6 Å². The van der Waals surface area contributed by atoms with Crippen LogP contribution in [0.15, 0.2) is 29.2 Å². The fraction of sp³-hybridized carbons (Fsp3) is 0.450. The Morgan fingerprint density at radius 2 is 1.89 bits per heavy atom. The zero-order chi connectivity index (χ0) is 19.0. The predicted molar refractivity (Wildman–Crippen MR) is 104 cm³/mol. The van der Waals surface area contributed by atoms with Crippen molar-refractivity contribution in [3.8, 4) is 0 Å². The number of carbonyl (C=O) groups is 2. The number of hydrogen-bond acceptors (Lipinski definition) is 3. The molecule has 1 aromatic heterocycles. The first-order valence-corrected chi connectivity index (χ1v) is 9.72. The molecular formula is C20H22ClN3O3. The summed E-state index contributed by atoms with van der Waals surface area (Å²) in [5.74, 6) is -0.112. The van der Waals surface area contributed by atoms with E-state index < -0.39 is 0 Å². The van der Waals surface area contributed by atoms with E-state index in [0.29, 0.717) is 42.0 Å². The molecule has 2 saturated heterocycles. The van der Waals surface area contributed by atoms with Gasteiger partial charge in [-0.3, -0.25) is 14.4 Å². The summed E-state index contributed by atoms with van der Waals surface area (Å²) in [6, 6.07) is 4.98. The van der Waals surface area contributed by atoms with Crippen LogP contribution in [0.1, 0.15) is 42.5 Å². The summed E-state index contributed by atoms with van der Waals surface area (Å²) in [6.07, 6.45) is 5.61. The number of halogens is 1. The third-order valence-electron chi connectivity index (χ3n) is 6.04. The Morgan fingerprint density at radius 1 is 1.11 bits per heavy atom. The van der Waals surface area contributed by atoms with E-state index in [-0.39, 0.29) is 28.2 Å². The zero-order valence-electron chi connectivity index (χ0n) is 15.0. The van der Waals surface area contributed by atoms with E-state index in [1.54, 1.807) is 23.1 Å². The van der Waals surface area contributed by atoms with Gasteiger partial charge in [-0.15, -0.1) is 0 Å². The molecule has 0 bridgehead atoms. The van der Waals surface area contributed by atoms with Gasteiger partial charge in [0.05, 0.1) is 5.52 Å². The number of aromatic amines is 1. The SMILES string of the molecule is O=C1CCC2(CCN1)CCN(C(=O)c1c[nH]c3cc(Cl)ccc3c1=O)CC2. The van der Waals surface area contributed by atoms with Crippen molar-refractivity contribution in [2.45, 2.75) is 32.1 Å². The summed E-state index contributed by atoms with van der Waals surface area (Å²) in [6.45, 7) is 1.94. The average Bonchev–Trinajstić information content (AvgIpc) is 2.84. The van der Waals surface area contributed by atoms with Gasteiger partial charge in [0.15, 0.2) is 0 Å². The van der Waals surface area contributed by atoms with Crippen LogP contribution in [0.25, 0.3) is 10.9 Å². The minimum atomic E-state index is -0.269. The molecule has 0 atom stereocenters. The highest BCUT2D eigenvalue weighted by Gasteiger charge is 2.37. The molecule has 142 valence electrons. The summed E-state index contributed by atoms with van der Waals surface area (Å²) in [7, 11) is 0. The minimum absolute atomic E-state index is 0.119. The molecule has 2 aliphatic heterocycles. The fourth-order valence-corrected chi connectivity index (χ4v) is 4.44. The molecule has 4 rings (SSSR count). The Hall–Kier alpha value is -2.34. The normalized spacial score (nSPS) is 19.7. The first-order chi connectivity index (χ1) is 13.0. The van der Waals surface area contributed by atoms with Gasteiger partial charge in [0.25, 0.3) is 5.91 Å². The van der Waals surface area contributed by atoms with Crippen molar-refractivity contribution in [2.24, 2.45) is 5.41 Å². The summed E-state index contributed by atoms with van der Waals surface area (Å²) in [5, 5.41) is 3.93. The van der Waals surface area contributed by atoms with Crippen molar-refractivity contribution >= 4 is 34.3 Å². The van der Waals surface area contributed by atoms with Gasteiger partial charge < -0.3 is 15.2 Å². The van der Waals surface area contributed by atoms with Gasteiger partial charge in [0.1, 0.15) is 5.56 Å². The lowest BCUT2D eigenvalue weighted by atomic mass is 9.73. The van der Waals surface area contributed by atoms with Crippen molar-refractivity contribution in [3.05, 3.63) is 45.2 Å². The number of nitrogens with zero attached hydrogens (tertiary/aromatic N) is 1. The number of H-pyrrole nitrogens is 1. The Morgan fingerprint density at radius 3 is 2.67 bits per heavy atom. The molecule has 1 aromatic carbocycles. The van der Waals surface area contributed by atoms with Crippen molar-refractivity contribution in [1.29, 1.82) is 0 Å². The predicted octanol–water partition coefficient (Wildman–Crippen LogP) is 2.70. The number of likely N-dealkylation sites (tertiary alicyclic amines) is 1. The van der Waals surface area contributed by atoms with E-state index >= 15 is 0 Å². The van der Waals surface area contributed by atoms with Crippen LogP contribution in [-0.4, -0.2) is 41.3 Å². The van der Waals surface area contributed by atoms with Gasteiger partial charge in [-0.2, -0.15) is 0 Å². The number of aromatic nitrogens is 1. The fourth-order valence-electron chi connectivity index (χ4n) is 4.27. The van der Waals surface area contributed by atoms with E-state index in [4.69, 9.17) is 11.6 Å². The summed E-state index contributed by atoms with van der Waals surface area (Å²) in [5.41, 5.74) is 0.647. The summed E-state index contributed by atoms with van der Waals surface area (Å²) < 4.78 is 0. The number of nitrogens with one attached hydrogen (secondary N) is 2. The number of benzene rings is 1. The smallest absolute Gasteiger partial charge is 0.259 e. The van der Waals surface area contributed by atoms with Gasteiger partial charge >= 0.3 is 0 Å². The summed E-state index contributed by atoms with van der Waals surface area (Å²) in [4.78, 5) is 42.1. The van der Waals surface area contributed by atoms with Gasteiger partial charge in [0.2, 0.25) is 11.3 Å². The third kappa shape index (κ3) is 3.46. The number of fused-ring (bicyclic) bond motifs is 1. The third-order valence-corrected chi connectivity index (χ3v) is 6.28. The van der Waals surface area contributed by atoms with E-state index in [9.17, 15) is 14.4 Å². The van der Waals surface area contributed by atoms with E-state index in [1.807, 2.05) is 0 Å². The topological polar surface area (TPSA) is 82.3 Å². The highest BCUT2D eigenvalue weighted by Crippen LogP contribution is 2.40. The molecule has 2 aromatic rings. The van der Waals surface area contributed by atoms with Crippen molar-refractivity contribution in [3.63, 3.8) is 0 Å². The molecular weight excluding hydrogens is 366 g/mol. The van der Waals surface area contributed by atoms with Gasteiger partial charge in [-0.05, 0) is 49.3 Å². The van der Waals surface area contributed by atoms with Gasteiger partial charge in [-0.25, -0.2) is 0 Å². The van der Waals surface area contributed by atoms with Crippen LogP contribution < -0.4 is 10.7 Å². The molecule has 7 heteroatoms. The number of hydrogen-bond donors (Lipinski definition) is 2. The first-order valence-electron chi connectivity index (χ1n) is 9.34. The molecule has 2 aliphatic rings. The number of pyridine rings is 1. The van der Waals surface area contributed by atoms with Gasteiger partial charge in [-0.1, -0.05) is 11.6 Å². The van der Waals surface area contributed by atoms with Crippen molar-refractivity contribution in [1.82, 2.24) is 15.2 Å². The number of carbonyl (C=O) groups excluding carboxylic acids is 2. The zero-order valence-corrected chi connectivity index (χ0v) is 15.8. The monoisotopic (exact) mass is 387 g/mol. The number of piperidine rings is 1. The molecule has 0 radical (unpaired) electrons. The average molecular weight is 388 g/mol. The first kappa shape index (κ1) is 18.0. The largest absolute Gasteiger partial charge is 0.360 e. The van der Waals surface area contributed by atoms with Crippen LogP contribution in [0.5, 0.6) is 0 Å². The quantitative estimate of drug-likeness (QED) is 0.789. The number of rotatable bonds is 1. The van der Waals surface area contributed by atoms with Crippen molar-refractivity contribution in [2.75, 3.05) is 19.6 Å². The van der Waals surface area contributed by atoms with Crippen LogP contribution in [0.3, 0.4) is 0 Å². The van der Waals surface area contributed by atoms with Crippen molar-refractivity contribution < 1.29 is 9.59 Å². The van der Waals surface area contributed by atoms with Crippen LogP contribution in [0, 0.1) is 5.41 Å². The molecule has 0 unspecified atom stereocenters. The molecule has 2 N–H and O–H groups in total. The van der Waals surface area contributed by atoms with E-state index in [2.05, 4.69) is 10.3 Å². The lowest BCUT2D eigenvalue weighted by Crippen LogP contribution is -2.44. The standard InChI is InChI=1S/C20H22ClN3O3/c21-13-1-2-14-16(11-13)23-12-15(18(14)26)19(27)24-9-6-20(7-10-24)4-3-17(25)22-8-5-20/h1-2,11-12H,3-10H2,(H,22,25)(H,23,26). The Balaban J connectivity index is 1.52. The van der Waals surface area contributed by atoms with Crippen LogP contribution in [0.4, 0.5) is 0 Å². The lowest BCUT2D eigenvalue weighted by molar-refractivity contribution is -0.121. The van der Waals surface area contributed by atoms with E-state index in [1.165, 1.54) is 6.20 Å². The van der Waals surface area contributed by atoms with E-state index in [0.717, 1.165) is 25.7 Å². The number of amides is 2. The van der Waals surface area contributed by atoms with Crippen LogP contribution in [-0.2, 0) is 4.79 Å². The molecule has 2 fully saturated rings. The Labute approximate surface area is 161 Å². The molecule has 2 amide bonds. The summed E-state index contributed by atoms with van der Waals surface area (Å²) >= 11 is 5.96. The second kappa shape index (κ2) is 7.00. The second-order valence-electron chi connectivity index (χ2n) is 7.61.